The zero-order valence-electron chi connectivity index (χ0n) is 33.4. The summed E-state index contributed by atoms with van der Waals surface area (Å²) >= 11 is 0. The third-order valence-electron chi connectivity index (χ3n) is 10.7. The molecule has 4 N–H and O–H groups in total. The molecule has 0 aliphatic carbocycles. The summed E-state index contributed by atoms with van der Waals surface area (Å²) in [5, 5.41) is 0. The fraction of sp³-hybridized carbons (Fsp3) is 0.574. The average molecular weight is 725 g/mol. The van der Waals surface area contributed by atoms with Gasteiger partial charge in [-0.05, 0) is 77.6 Å². The van der Waals surface area contributed by atoms with E-state index >= 15 is 0 Å². The minimum atomic E-state index is -0.852. The van der Waals surface area contributed by atoms with E-state index in [-0.39, 0.29) is 11.1 Å². The summed E-state index contributed by atoms with van der Waals surface area (Å²) in [6, 6.07) is 20.6. The summed E-state index contributed by atoms with van der Waals surface area (Å²) < 4.78 is 26.0. The molecule has 6 heteroatoms. The van der Waals surface area contributed by atoms with Crippen LogP contribution in [0.5, 0.6) is 23.0 Å². The Balaban J connectivity index is 1.13. The lowest BCUT2D eigenvalue weighted by molar-refractivity contribution is 0.125. The highest BCUT2D eigenvalue weighted by Gasteiger charge is 2.51. The molecule has 5 rings (SSSR count). The van der Waals surface area contributed by atoms with E-state index in [1.165, 1.54) is 89.9 Å². The first-order valence-electron chi connectivity index (χ1n) is 20.7. The van der Waals surface area contributed by atoms with Crippen molar-refractivity contribution in [1.29, 1.82) is 0 Å². The van der Waals surface area contributed by atoms with E-state index in [0.29, 0.717) is 19.0 Å². The fourth-order valence-corrected chi connectivity index (χ4v) is 7.79. The summed E-state index contributed by atoms with van der Waals surface area (Å²) in [6.07, 6.45) is 21.9. The SMILES string of the molecule is C=C1OC2(c3ccc(OCCCCCCCCCCC(C)(C)N)cc3Oc3cc(OCCCCCCCCCCC(C)(C)N)ccc32)c2ccccc21. The Morgan fingerprint density at radius 3 is 1.42 bits per heavy atom. The van der Waals surface area contributed by atoms with E-state index in [9.17, 15) is 0 Å². The van der Waals surface area contributed by atoms with Crippen LogP contribution in [0, 0.1) is 0 Å². The molecule has 53 heavy (non-hydrogen) atoms. The molecule has 3 aromatic rings. The highest BCUT2D eigenvalue weighted by atomic mass is 16.5. The van der Waals surface area contributed by atoms with Crippen molar-refractivity contribution in [1.82, 2.24) is 0 Å². The summed E-state index contributed by atoms with van der Waals surface area (Å²) in [6.45, 7) is 14.1. The first-order chi connectivity index (χ1) is 25.5. The molecule has 2 aliphatic heterocycles. The molecule has 0 unspecified atom stereocenters. The van der Waals surface area contributed by atoms with Gasteiger partial charge in [0.15, 0.2) is 5.60 Å². The molecule has 1 spiro atoms. The van der Waals surface area contributed by atoms with Crippen LogP contribution in [0.15, 0.2) is 67.2 Å². The topological polar surface area (TPSA) is 89.0 Å². The maximum atomic E-state index is 6.79. The molecular weight excluding hydrogens is 657 g/mol. The number of benzene rings is 3. The summed E-state index contributed by atoms with van der Waals surface area (Å²) in [5.74, 6) is 3.76. The summed E-state index contributed by atoms with van der Waals surface area (Å²) in [5.41, 5.74) is 15.3. The maximum absolute atomic E-state index is 6.79. The lowest BCUT2D eigenvalue weighted by Gasteiger charge is -2.37. The molecule has 0 atom stereocenters. The van der Waals surface area contributed by atoms with Gasteiger partial charge in [0.25, 0.3) is 0 Å². The maximum Gasteiger partial charge on any atom is 0.192 e. The van der Waals surface area contributed by atoms with Crippen molar-refractivity contribution in [3.05, 3.63) is 89.5 Å². The van der Waals surface area contributed by atoms with Gasteiger partial charge in [-0.25, -0.2) is 0 Å². The number of nitrogens with two attached hydrogens (primary N) is 2. The first-order valence-corrected chi connectivity index (χ1v) is 20.7. The van der Waals surface area contributed by atoms with Crippen LogP contribution in [-0.4, -0.2) is 24.3 Å². The standard InChI is InChI=1S/C47H68N2O4/c1-36-39-24-18-19-25-40(39)47(53-36)41-28-26-37(50-32-22-16-12-8-6-10-14-20-30-45(2,3)48)34-43(41)52-44-35-38(27-29-42(44)47)51-33-23-17-13-9-7-11-15-21-31-46(4,5)49/h18-19,24-29,34-35H,1,6-17,20-23,30-33,48-49H2,2-5H3. The third-order valence-corrected chi connectivity index (χ3v) is 10.7. The highest BCUT2D eigenvalue weighted by molar-refractivity contribution is 5.75. The lowest BCUT2D eigenvalue weighted by Crippen LogP contribution is -2.32. The van der Waals surface area contributed by atoms with E-state index < -0.39 is 5.60 Å². The molecule has 290 valence electrons. The predicted molar refractivity (Wildman–Crippen MR) is 220 cm³/mol. The van der Waals surface area contributed by atoms with Gasteiger partial charge in [-0.2, -0.15) is 0 Å². The molecule has 0 saturated heterocycles. The molecule has 6 nitrogen and oxygen atoms in total. The fourth-order valence-electron chi connectivity index (χ4n) is 7.79. The van der Waals surface area contributed by atoms with E-state index in [1.54, 1.807) is 0 Å². The zero-order valence-corrected chi connectivity index (χ0v) is 33.4. The molecule has 2 aliphatic rings. The van der Waals surface area contributed by atoms with Gasteiger partial charge in [0.1, 0.15) is 28.8 Å². The van der Waals surface area contributed by atoms with Crippen molar-refractivity contribution in [3.63, 3.8) is 0 Å². The van der Waals surface area contributed by atoms with Crippen LogP contribution in [0.2, 0.25) is 0 Å². The summed E-state index contributed by atoms with van der Waals surface area (Å²) in [4.78, 5) is 0. The van der Waals surface area contributed by atoms with Gasteiger partial charge in [-0.3, -0.25) is 0 Å². The van der Waals surface area contributed by atoms with Gasteiger partial charge in [-0.15, -0.1) is 0 Å². The van der Waals surface area contributed by atoms with Crippen molar-refractivity contribution in [3.8, 4) is 23.0 Å². The Bertz CT molecular complexity index is 1520. The minimum absolute atomic E-state index is 0.0397. The van der Waals surface area contributed by atoms with Gasteiger partial charge >= 0.3 is 0 Å². The molecule has 0 aromatic heterocycles. The summed E-state index contributed by atoms with van der Waals surface area (Å²) in [7, 11) is 0. The van der Waals surface area contributed by atoms with Gasteiger partial charge < -0.3 is 30.4 Å². The Labute approximate surface area is 321 Å². The molecule has 2 heterocycles. The monoisotopic (exact) mass is 725 g/mol. The smallest absolute Gasteiger partial charge is 0.192 e. The first kappa shape index (κ1) is 40.7. The van der Waals surface area contributed by atoms with Crippen LogP contribution in [0.4, 0.5) is 0 Å². The number of rotatable bonds is 24. The Morgan fingerprint density at radius 1 is 0.547 bits per heavy atom. The van der Waals surface area contributed by atoms with Crippen LogP contribution in [-0.2, 0) is 10.3 Å². The third kappa shape index (κ3) is 11.8. The molecule has 0 fully saturated rings. The van der Waals surface area contributed by atoms with Crippen molar-refractivity contribution in [2.24, 2.45) is 11.5 Å². The van der Waals surface area contributed by atoms with Gasteiger partial charge in [0.2, 0.25) is 0 Å². The predicted octanol–water partition coefficient (Wildman–Crippen LogP) is 12.3. The number of unbranched alkanes of at least 4 members (excludes halogenated alkanes) is 14. The highest BCUT2D eigenvalue weighted by Crippen LogP contribution is 2.59. The Hall–Kier alpha value is -3.48. The van der Waals surface area contributed by atoms with Crippen LogP contribution in [0.1, 0.15) is 166 Å². The second-order valence-electron chi connectivity index (χ2n) is 17.0. The molecular formula is C47H68N2O4. The average Bonchev–Trinajstić information content (AvgIpc) is 3.40. The van der Waals surface area contributed by atoms with Crippen LogP contribution in [0.25, 0.3) is 5.76 Å². The van der Waals surface area contributed by atoms with Crippen molar-refractivity contribution in [2.75, 3.05) is 13.2 Å². The number of fused-ring (bicyclic) bond motifs is 6. The number of hydrogen-bond donors (Lipinski definition) is 2. The van der Waals surface area contributed by atoms with Crippen LogP contribution < -0.4 is 25.7 Å². The van der Waals surface area contributed by atoms with Gasteiger partial charge in [0, 0.05) is 45.5 Å². The van der Waals surface area contributed by atoms with Gasteiger partial charge in [-0.1, -0.05) is 121 Å². The normalized spacial score (nSPS) is 14.3. The van der Waals surface area contributed by atoms with Crippen molar-refractivity contribution >= 4 is 5.76 Å². The number of ether oxygens (including phenoxy) is 4. The Kier molecular flexibility index (Phi) is 14.8. The van der Waals surface area contributed by atoms with Crippen LogP contribution in [0.3, 0.4) is 0 Å². The lowest BCUT2D eigenvalue weighted by atomic mass is 9.77. The van der Waals surface area contributed by atoms with E-state index in [0.717, 1.165) is 70.9 Å². The van der Waals surface area contributed by atoms with E-state index in [1.807, 2.05) is 30.3 Å². The second kappa shape index (κ2) is 19.2. The quantitative estimate of drug-likeness (QED) is 0.0894. The minimum Gasteiger partial charge on any atom is -0.493 e. The number of hydrogen-bond acceptors (Lipinski definition) is 6. The second-order valence-corrected chi connectivity index (χ2v) is 17.0. The van der Waals surface area contributed by atoms with Gasteiger partial charge in [0.05, 0.1) is 13.2 Å². The zero-order chi connectivity index (χ0) is 37.7. The van der Waals surface area contributed by atoms with E-state index in [2.05, 4.69) is 64.6 Å². The van der Waals surface area contributed by atoms with Crippen LogP contribution >= 0.6 is 0 Å². The van der Waals surface area contributed by atoms with Crippen molar-refractivity contribution < 1.29 is 18.9 Å². The van der Waals surface area contributed by atoms with E-state index in [4.69, 9.17) is 30.4 Å². The Morgan fingerprint density at radius 2 is 0.962 bits per heavy atom. The molecule has 0 radical (unpaired) electrons. The molecule has 0 saturated carbocycles. The molecule has 3 aromatic carbocycles. The van der Waals surface area contributed by atoms with Crippen molar-refractivity contribution in [2.45, 2.75) is 160 Å². The largest absolute Gasteiger partial charge is 0.493 e. The molecule has 0 amide bonds. The molecule has 0 bridgehead atoms.